The van der Waals surface area contributed by atoms with Crippen molar-refractivity contribution in [3.63, 3.8) is 0 Å². The maximum atomic E-state index is 11.1. The second kappa shape index (κ2) is 2.50. The Morgan fingerprint density at radius 3 is 3.14 bits per heavy atom. The molecule has 0 radical (unpaired) electrons. The van der Waals surface area contributed by atoms with Crippen LogP contribution in [0.4, 0.5) is 4.79 Å². The molecule has 0 spiro atoms. The molecule has 0 saturated heterocycles. The molecule has 2 aliphatic rings. The molecule has 1 aromatic rings. The maximum Gasteiger partial charge on any atom is 0.413 e. The van der Waals surface area contributed by atoms with E-state index in [-0.39, 0.29) is 12.1 Å². The van der Waals surface area contributed by atoms with Crippen LogP contribution in [0.1, 0.15) is 37.5 Å². The normalized spacial score (nSPS) is 25.2. The Labute approximate surface area is 81.0 Å². The molecule has 2 heterocycles. The van der Waals surface area contributed by atoms with E-state index in [0.717, 1.165) is 5.69 Å². The number of ether oxygens (including phenoxy) is 1. The fourth-order valence-corrected chi connectivity index (χ4v) is 1.67. The average molecular weight is 193 g/mol. The molecule has 5 nitrogen and oxygen atoms in total. The van der Waals surface area contributed by atoms with Gasteiger partial charge in [0.15, 0.2) is 5.75 Å². The molecule has 1 fully saturated rings. The fraction of sp³-hybridized carbons (Fsp3) is 0.556. The second-order valence-electron chi connectivity index (χ2n) is 3.85. The van der Waals surface area contributed by atoms with Crippen molar-refractivity contribution in [3.05, 3.63) is 11.9 Å². The molecule has 0 bridgehead atoms. The SMILES string of the molecule is CC1NC(=O)Oc2cn(C3CC3)nc21. The Bertz CT molecular complexity index is 395. The Balaban J connectivity index is 2.01. The van der Waals surface area contributed by atoms with Gasteiger partial charge in [0.25, 0.3) is 0 Å². The van der Waals surface area contributed by atoms with Crippen molar-refractivity contribution >= 4 is 6.09 Å². The number of rotatable bonds is 1. The van der Waals surface area contributed by atoms with Crippen LogP contribution < -0.4 is 10.1 Å². The number of nitrogens with one attached hydrogen (secondary N) is 1. The van der Waals surface area contributed by atoms with E-state index in [4.69, 9.17) is 4.74 Å². The smallest absolute Gasteiger partial charge is 0.407 e. The van der Waals surface area contributed by atoms with E-state index in [1.807, 2.05) is 17.8 Å². The zero-order chi connectivity index (χ0) is 9.71. The molecule has 14 heavy (non-hydrogen) atoms. The average Bonchev–Trinajstić information content (AvgIpc) is 2.87. The second-order valence-corrected chi connectivity index (χ2v) is 3.85. The highest BCUT2D eigenvalue weighted by molar-refractivity contribution is 5.73. The van der Waals surface area contributed by atoms with Crippen molar-refractivity contribution in [2.24, 2.45) is 0 Å². The molecule has 1 atom stereocenters. The quantitative estimate of drug-likeness (QED) is 0.733. The van der Waals surface area contributed by atoms with Crippen molar-refractivity contribution in [1.82, 2.24) is 15.1 Å². The first-order valence-electron chi connectivity index (χ1n) is 4.81. The third-order valence-electron chi connectivity index (χ3n) is 2.59. The van der Waals surface area contributed by atoms with Crippen molar-refractivity contribution < 1.29 is 9.53 Å². The van der Waals surface area contributed by atoms with Crippen LogP contribution in [0.3, 0.4) is 0 Å². The Morgan fingerprint density at radius 1 is 1.64 bits per heavy atom. The highest BCUT2D eigenvalue weighted by atomic mass is 16.6. The molecule has 1 aliphatic carbocycles. The molecule has 1 aliphatic heterocycles. The Hall–Kier alpha value is -1.52. The van der Waals surface area contributed by atoms with Crippen LogP contribution in [-0.4, -0.2) is 15.9 Å². The van der Waals surface area contributed by atoms with Gasteiger partial charge in [-0.2, -0.15) is 5.10 Å². The number of fused-ring (bicyclic) bond motifs is 1. The van der Waals surface area contributed by atoms with Crippen LogP contribution in [0.15, 0.2) is 6.20 Å². The number of aromatic nitrogens is 2. The summed E-state index contributed by atoms with van der Waals surface area (Å²) in [4.78, 5) is 11.1. The number of nitrogens with zero attached hydrogens (tertiary/aromatic N) is 2. The molecule has 1 saturated carbocycles. The van der Waals surface area contributed by atoms with Crippen LogP contribution >= 0.6 is 0 Å². The lowest BCUT2D eigenvalue weighted by Crippen LogP contribution is -2.34. The Kier molecular flexibility index (Phi) is 1.40. The lowest BCUT2D eigenvalue weighted by atomic mass is 10.2. The van der Waals surface area contributed by atoms with Gasteiger partial charge in [-0.15, -0.1) is 0 Å². The molecule has 1 unspecified atom stereocenters. The number of hydrogen-bond acceptors (Lipinski definition) is 3. The highest BCUT2D eigenvalue weighted by Gasteiger charge is 2.31. The minimum absolute atomic E-state index is 0.0498. The van der Waals surface area contributed by atoms with Crippen molar-refractivity contribution in [2.75, 3.05) is 0 Å². The van der Waals surface area contributed by atoms with Gasteiger partial charge in [-0.3, -0.25) is 4.68 Å². The van der Waals surface area contributed by atoms with Gasteiger partial charge < -0.3 is 10.1 Å². The maximum absolute atomic E-state index is 11.1. The summed E-state index contributed by atoms with van der Waals surface area (Å²) < 4.78 is 6.93. The van der Waals surface area contributed by atoms with Gasteiger partial charge in [-0.1, -0.05) is 0 Å². The molecular formula is C9H11N3O2. The first-order chi connectivity index (χ1) is 6.74. The molecule has 74 valence electrons. The monoisotopic (exact) mass is 193 g/mol. The fourth-order valence-electron chi connectivity index (χ4n) is 1.67. The highest BCUT2D eigenvalue weighted by Crippen LogP contribution is 2.37. The lowest BCUT2D eigenvalue weighted by molar-refractivity contribution is 0.189. The third kappa shape index (κ3) is 1.08. The van der Waals surface area contributed by atoms with Gasteiger partial charge in [0, 0.05) is 0 Å². The number of carbonyl (C=O) groups is 1. The summed E-state index contributed by atoms with van der Waals surface area (Å²) in [6.07, 6.45) is 3.79. The molecule has 1 amide bonds. The van der Waals surface area contributed by atoms with Crippen molar-refractivity contribution in [2.45, 2.75) is 31.8 Å². The lowest BCUT2D eigenvalue weighted by Gasteiger charge is -2.17. The zero-order valence-electron chi connectivity index (χ0n) is 7.86. The Morgan fingerprint density at radius 2 is 2.43 bits per heavy atom. The standard InChI is InChI=1S/C9H11N3O2/c1-5-8-7(14-9(13)10-5)4-12(11-8)6-2-3-6/h4-6H,2-3H2,1H3,(H,10,13). The van der Waals surface area contributed by atoms with Crippen LogP contribution in [0, 0.1) is 0 Å². The number of amides is 1. The predicted octanol–water partition coefficient (Wildman–Crippen LogP) is 1.38. The molecular weight excluding hydrogens is 182 g/mol. The largest absolute Gasteiger partial charge is 0.413 e. The first-order valence-corrected chi connectivity index (χ1v) is 4.81. The summed E-state index contributed by atoms with van der Waals surface area (Å²) in [5.74, 6) is 0.605. The van der Waals surface area contributed by atoms with Gasteiger partial charge in [-0.25, -0.2) is 4.79 Å². The van der Waals surface area contributed by atoms with E-state index in [1.54, 1.807) is 0 Å². The minimum Gasteiger partial charge on any atom is -0.407 e. The van der Waals surface area contributed by atoms with Crippen LogP contribution in [0.25, 0.3) is 0 Å². The molecule has 1 aromatic heterocycles. The van der Waals surface area contributed by atoms with Gasteiger partial charge in [0.1, 0.15) is 5.69 Å². The molecule has 3 rings (SSSR count). The summed E-state index contributed by atoms with van der Waals surface area (Å²) in [5, 5.41) is 7.08. The van der Waals surface area contributed by atoms with Crippen LogP contribution in [0.5, 0.6) is 5.75 Å². The van der Waals surface area contributed by atoms with E-state index < -0.39 is 0 Å². The van der Waals surface area contributed by atoms with E-state index in [2.05, 4.69) is 10.4 Å². The molecule has 1 N–H and O–H groups in total. The van der Waals surface area contributed by atoms with Crippen molar-refractivity contribution in [1.29, 1.82) is 0 Å². The summed E-state index contributed by atoms with van der Waals surface area (Å²) >= 11 is 0. The predicted molar refractivity (Wildman–Crippen MR) is 48.1 cm³/mol. The van der Waals surface area contributed by atoms with E-state index in [0.29, 0.717) is 11.8 Å². The molecule has 5 heteroatoms. The molecule has 0 aromatic carbocycles. The van der Waals surface area contributed by atoms with Gasteiger partial charge in [-0.05, 0) is 19.8 Å². The topological polar surface area (TPSA) is 56.1 Å². The van der Waals surface area contributed by atoms with Crippen LogP contribution in [-0.2, 0) is 0 Å². The van der Waals surface area contributed by atoms with E-state index in [9.17, 15) is 4.79 Å². The van der Waals surface area contributed by atoms with Crippen LogP contribution in [0.2, 0.25) is 0 Å². The zero-order valence-corrected chi connectivity index (χ0v) is 7.86. The summed E-state index contributed by atoms with van der Waals surface area (Å²) in [5.41, 5.74) is 0.830. The minimum atomic E-state index is -0.389. The van der Waals surface area contributed by atoms with Crippen molar-refractivity contribution in [3.8, 4) is 5.75 Å². The summed E-state index contributed by atoms with van der Waals surface area (Å²) in [6.45, 7) is 1.91. The third-order valence-corrected chi connectivity index (χ3v) is 2.59. The van der Waals surface area contributed by atoms with Gasteiger partial charge in [0.2, 0.25) is 0 Å². The van der Waals surface area contributed by atoms with Gasteiger partial charge in [0.05, 0.1) is 18.3 Å². The summed E-state index contributed by atoms with van der Waals surface area (Å²) in [6, 6.07) is 0.470. The van der Waals surface area contributed by atoms with Gasteiger partial charge >= 0.3 is 6.09 Å². The van der Waals surface area contributed by atoms with E-state index >= 15 is 0 Å². The summed E-state index contributed by atoms with van der Waals surface area (Å²) in [7, 11) is 0. The number of hydrogen-bond donors (Lipinski definition) is 1. The number of carbonyl (C=O) groups excluding carboxylic acids is 1. The van der Waals surface area contributed by atoms with E-state index in [1.165, 1.54) is 12.8 Å². The first kappa shape index (κ1) is 7.84.